The van der Waals surface area contributed by atoms with Gasteiger partial charge in [0.15, 0.2) is 0 Å². The van der Waals surface area contributed by atoms with E-state index in [1.165, 1.54) is 23.8 Å². The van der Waals surface area contributed by atoms with Gasteiger partial charge in [-0.1, -0.05) is 61.4 Å². The highest BCUT2D eigenvalue weighted by Gasteiger charge is 2.57. The highest BCUT2D eigenvalue weighted by atomic mass is 16.6. The highest BCUT2D eigenvalue weighted by Crippen LogP contribution is 2.51. The number of carbonyl (C=O) groups is 2. The number of phenolic OH excluding ortho intramolecular Hbond substituents is 1. The molecule has 2 saturated heterocycles. The molecule has 0 radical (unpaired) electrons. The molecule has 2 amide bonds. The van der Waals surface area contributed by atoms with Gasteiger partial charge in [0.2, 0.25) is 11.8 Å². The predicted octanol–water partition coefficient (Wildman–Crippen LogP) is 6.58. The third-order valence-corrected chi connectivity index (χ3v) is 9.22. The number of nitro benzene ring substituents is 1. The number of hydrogen-bond acceptors (Lipinski definition) is 7. The van der Waals surface area contributed by atoms with Gasteiger partial charge >= 0.3 is 0 Å². The van der Waals surface area contributed by atoms with Crippen LogP contribution in [0, 0.1) is 27.9 Å². The van der Waals surface area contributed by atoms with Crippen molar-refractivity contribution >= 4 is 40.0 Å². The monoisotopic (exact) mass is 596 g/mol. The van der Waals surface area contributed by atoms with Gasteiger partial charge in [-0.2, -0.15) is 0 Å². The molecule has 1 N–H and O–H groups in total. The van der Waals surface area contributed by atoms with E-state index in [2.05, 4.69) is 13.0 Å². The van der Waals surface area contributed by atoms with Crippen LogP contribution in [0.5, 0.6) is 5.75 Å². The maximum atomic E-state index is 13.8. The number of nitro groups is 1. The Kier molecular flexibility index (Phi) is 8.33. The van der Waals surface area contributed by atoms with E-state index >= 15 is 0 Å². The van der Waals surface area contributed by atoms with Gasteiger partial charge in [0.25, 0.3) is 5.69 Å². The number of imide groups is 1. The molecule has 4 atom stereocenters. The molecule has 2 fully saturated rings. The normalized spacial score (nSPS) is 23.4. The fraction of sp³-hybridized carbons (Fsp3) is 0.371. The third-order valence-electron chi connectivity index (χ3n) is 9.22. The molecule has 3 aromatic carbocycles. The number of methoxy groups -OCH3 is 1. The van der Waals surface area contributed by atoms with Crippen molar-refractivity contribution in [2.45, 2.75) is 45.1 Å². The molecule has 3 aliphatic rings. The fourth-order valence-electron chi connectivity index (χ4n) is 7.34. The summed E-state index contributed by atoms with van der Waals surface area (Å²) in [6.45, 7) is 2.84. The second-order valence-corrected chi connectivity index (χ2v) is 11.9. The van der Waals surface area contributed by atoms with Crippen LogP contribution in [0.2, 0.25) is 0 Å². The van der Waals surface area contributed by atoms with Gasteiger partial charge in [0, 0.05) is 30.5 Å². The number of amides is 2. The standard InChI is InChI=1S/C35H36N2O7/c1-3-7-21(16-22-13-14-30(38)27-11-5-4-10-26(22)27)12-15-31-32-23(19-43-2)17-28-33(29(32)20-44-31)35(40)36(34(28)39)24-8-6-9-25(18-24)37(41)42/h4-6,8-11,13-14,16,18,28-29,31,33,38H,3,7,12,15,17,19-20H2,1-2H3/b21-16+/t28-,29+,31-,33-/m1/s1. The molecule has 9 heteroatoms. The van der Waals surface area contributed by atoms with E-state index in [1.54, 1.807) is 19.2 Å². The summed E-state index contributed by atoms with van der Waals surface area (Å²) in [5, 5.41) is 23.5. The molecule has 44 heavy (non-hydrogen) atoms. The minimum Gasteiger partial charge on any atom is -0.507 e. The van der Waals surface area contributed by atoms with Crippen molar-refractivity contribution in [3.8, 4) is 5.75 Å². The number of ether oxygens (including phenoxy) is 2. The lowest BCUT2D eigenvalue weighted by Gasteiger charge is -2.31. The number of rotatable bonds is 10. The largest absolute Gasteiger partial charge is 0.507 e. The number of hydrogen-bond donors (Lipinski definition) is 1. The van der Waals surface area contributed by atoms with E-state index in [0.29, 0.717) is 19.6 Å². The molecule has 2 heterocycles. The molecule has 0 aromatic heterocycles. The minimum atomic E-state index is -0.573. The number of non-ortho nitro benzene ring substituents is 1. The number of nitrogens with zero attached hydrogens (tertiary/aromatic N) is 2. The van der Waals surface area contributed by atoms with E-state index < -0.39 is 16.8 Å². The average Bonchev–Trinajstić information content (AvgIpc) is 3.55. The number of anilines is 1. The zero-order valence-corrected chi connectivity index (χ0v) is 24.9. The Hall–Kier alpha value is -4.34. The van der Waals surface area contributed by atoms with Crippen LogP contribution in [0.3, 0.4) is 0 Å². The van der Waals surface area contributed by atoms with Crippen LogP contribution in [-0.4, -0.2) is 48.3 Å². The lowest BCUT2D eigenvalue weighted by Crippen LogP contribution is -2.35. The number of phenols is 1. The Labute approximate surface area is 255 Å². The summed E-state index contributed by atoms with van der Waals surface area (Å²) in [7, 11) is 1.63. The van der Waals surface area contributed by atoms with Gasteiger partial charge < -0.3 is 14.6 Å². The molecule has 1 aliphatic carbocycles. The average molecular weight is 597 g/mol. The smallest absolute Gasteiger partial charge is 0.271 e. The summed E-state index contributed by atoms with van der Waals surface area (Å²) < 4.78 is 11.9. The Morgan fingerprint density at radius 3 is 2.61 bits per heavy atom. The molecular formula is C35H36N2O7. The van der Waals surface area contributed by atoms with Crippen LogP contribution in [0.1, 0.15) is 44.6 Å². The second-order valence-electron chi connectivity index (χ2n) is 11.9. The van der Waals surface area contributed by atoms with Crippen LogP contribution in [0.15, 0.2) is 77.4 Å². The summed E-state index contributed by atoms with van der Waals surface area (Å²) in [5.74, 6) is -1.76. The Balaban J connectivity index is 1.26. The Morgan fingerprint density at radius 2 is 1.86 bits per heavy atom. The van der Waals surface area contributed by atoms with Gasteiger partial charge in [-0.3, -0.25) is 19.7 Å². The third kappa shape index (κ3) is 5.31. The van der Waals surface area contributed by atoms with Crippen LogP contribution < -0.4 is 4.90 Å². The van der Waals surface area contributed by atoms with E-state index in [-0.39, 0.29) is 41.0 Å². The van der Waals surface area contributed by atoms with Crippen molar-refractivity contribution in [3.05, 3.63) is 93.1 Å². The first-order valence-corrected chi connectivity index (χ1v) is 15.2. The summed E-state index contributed by atoms with van der Waals surface area (Å²) >= 11 is 0. The SMILES string of the molecule is CCC/C(=C\c1ccc(O)c2ccccc12)CC[C@H]1OC[C@H]2C1=C(COC)C[C@H]1C(=O)N(c3cccc([N+](=O)[O-])c3)C(=O)[C@H]12. The lowest BCUT2D eigenvalue weighted by atomic mass is 9.69. The first kappa shape index (κ1) is 29.7. The van der Waals surface area contributed by atoms with Crippen molar-refractivity contribution in [1.82, 2.24) is 0 Å². The number of aromatic hydroxyl groups is 1. The summed E-state index contributed by atoms with van der Waals surface area (Å²) in [5.41, 5.74) is 4.47. The van der Waals surface area contributed by atoms with Crippen molar-refractivity contribution < 1.29 is 29.1 Å². The van der Waals surface area contributed by atoms with Gasteiger partial charge in [0.05, 0.1) is 41.8 Å². The van der Waals surface area contributed by atoms with Gasteiger partial charge in [-0.15, -0.1) is 0 Å². The van der Waals surface area contributed by atoms with Crippen LogP contribution >= 0.6 is 0 Å². The van der Waals surface area contributed by atoms with Crippen LogP contribution in [0.25, 0.3) is 16.8 Å². The van der Waals surface area contributed by atoms with Crippen LogP contribution in [-0.2, 0) is 19.1 Å². The molecule has 9 nitrogen and oxygen atoms in total. The molecular weight excluding hydrogens is 560 g/mol. The van der Waals surface area contributed by atoms with E-state index in [0.717, 1.165) is 58.1 Å². The lowest BCUT2D eigenvalue weighted by molar-refractivity contribution is -0.384. The molecule has 0 bridgehead atoms. The van der Waals surface area contributed by atoms with E-state index in [4.69, 9.17) is 9.47 Å². The maximum absolute atomic E-state index is 13.8. The fourth-order valence-corrected chi connectivity index (χ4v) is 7.34. The predicted molar refractivity (Wildman–Crippen MR) is 167 cm³/mol. The minimum absolute atomic E-state index is 0.169. The number of fused-ring (bicyclic) bond motifs is 4. The second kappa shape index (κ2) is 12.3. The van der Waals surface area contributed by atoms with E-state index in [9.17, 15) is 24.8 Å². The quantitative estimate of drug-likeness (QED) is 0.121. The topological polar surface area (TPSA) is 119 Å². The number of allylic oxidation sites excluding steroid dienone is 1. The van der Waals surface area contributed by atoms with E-state index in [1.807, 2.05) is 30.3 Å². The number of carbonyl (C=O) groups excluding carboxylic acids is 2. The molecule has 6 rings (SSSR count). The molecule has 3 aromatic rings. The van der Waals surface area contributed by atoms with Crippen molar-refractivity contribution in [3.63, 3.8) is 0 Å². The molecule has 0 unspecified atom stereocenters. The highest BCUT2D eigenvalue weighted by molar-refractivity contribution is 6.22. The summed E-state index contributed by atoms with van der Waals surface area (Å²) in [6, 6.07) is 17.2. The van der Waals surface area contributed by atoms with Crippen molar-refractivity contribution in [2.24, 2.45) is 17.8 Å². The zero-order valence-electron chi connectivity index (χ0n) is 24.9. The van der Waals surface area contributed by atoms with Crippen molar-refractivity contribution in [1.29, 1.82) is 0 Å². The maximum Gasteiger partial charge on any atom is 0.271 e. The van der Waals surface area contributed by atoms with Gasteiger partial charge in [-0.25, -0.2) is 4.90 Å². The van der Waals surface area contributed by atoms with Gasteiger partial charge in [-0.05, 0) is 59.9 Å². The Morgan fingerprint density at radius 1 is 1.07 bits per heavy atom. The van der Waals surface area contributed by atoms with Gasteiger partial charge in [0.1, 0.15) is 5.75 Å². The zero-order chi connectivity index (χ0) is 31.0. The first-order valence-electron chi connectivity index (χ1n) is 15.2. The summed E-state index contributed by atoms with van der Waals surface area (Å²) in [6.07, 6.45) is 5.86. The number of benzene rings is 3. The first-order chi connectivity index (χ1) is 21.3. The molecule has 0 saturated carbocycles. The van der Waals surface area contributed by atoms with Crippen molar-refractivity contribution in [2.75, 3.05) is 25.2 Å². The molecule has 2 aliphatic heterocycles. The van der Waals surface area contributed by atoms with Crippen LogP contribution in [0.4, 0.5) is 11.4 Å². The summed E-state index contributed by atoms with van der Waals surface area (Å²) in [4.78, 5) is 39.4. The Bertz CT molecular complexity index is 1690. The molecule has 0 spiro atoms. The molecule has 228 valence electrons.